The third kappa shape index (κ3) is 13.3. The van der Waals surface area contributed by atoms with Gasteiger partial charge in [-0.25, -0.2) is 0 Å². The van der Waals surface area contributed by atoms with Crippen LogP contribution < -0.4 is 20.7 Å². The molecule has 0 heterocycles. The summed E-state index contributed by atoms with van der Waals surface area (Å²) in [5.41, 5.74) is 0.722. The van der Waals surface area contributed by atoms with E-state index in [1.54, 1.807) is 13.1 Å². The van der Waals surface area contributed by atoms with E-state index in [-0.39, 0.29) is 29.9 Å². The molecule has 154 valence electrons. The molecule has 0 saturated carbocycles. The van der Waals surface area contributed by atoms with Crippen LogP contribution in [0.4, 0.5) is 5.69 Å². The maximum atomic E-state index is 11.1. The summed E-state index contributed by atoms with van der Waals surface area (Å²) in [6.07, 6.45) is 0.930. The molecule has 0 unspecified atom stereocenters. The van der Waals surface area contributed by atoms with Crippen molar-refractivity contribution in [1.82, 2.24) is 10.6 Å². The van der Waals surface area contributed by atoms with Crippen molar-refractivity contribution in [3.05, 3.63) is 24.3 Å². The number of halogens is 1. The monoisotopic (exact) mass is 492 g/mol. The Bertz CT molecular complexity index is 568. The van der Waals surface area contributed by atoms with E-state index < -0.39 is 0 Å². The highest BCUT2D eigenvalue weighted by Gasteiger charge is 2.00. The van der Waals surface area contributed by atoms with Gasteiger partial charge in [-0.15, -0.1) is 24.0 Å². The van der Waals surface area contributed by atoms with Gasteiger partial charge in [-0.05, 0) is 24.5 Å². The number of amides is 1. The molecule has 27 heavy (non-hydrogen) atoms. The van der Waals surface area contributed by atoms with Crippen molar-refractivity contribution in [1.29, 1.82) is 0 Å². The molecule has 1 rings (SSSR count). The first kappa shape index (κ1) is 25.4. The number of rotatable bonds is 11. The Morgan fingerprint density at radius 1 is 1.19 bits per heavy atom. The van der Waals surface area contributed by atoms with Gasteiger partial charge in [0.15, 0.2) is 5.96 Å². The van der Waals surface area contributed by atoms with E-state index in [0.717, 1.165) is 37.8 Å². The molecule has 0 spiro atoms. The van der Waals surface area contributed by atoms with Crippen LogP contribution in [0.2, 0.25) is 0 Å². The van der Waals surface area contributed by atoms with Crippen LogP contribution in [-0.2, 0) is 9.53 Å². The van der Waals surface area contributed by atoms with Gasteiger partial charge in [0.1, 0.15) is 12.4 Å². The second-order valence-corrected chi connectivity index (χ2v) is 6.31. The molecule has 3 N–H and O–H groups in total. The SMILES string of the molecule is CN=C(NCCCOCC(C)C)NCCOc1cccc(NC(C)=O)c1.I. The maximum Gasteiger partial charge on any atom is 0.221 e. The zero-order valence-corrected chi connectivity index (χ0v) is 19.0. The second kappa shape index (κ2) is 15.5. The van der Waals surface area contributed by atoms with Crippen LogP contribution >= 0.6 is 24.0 Å². The molecular weight excluding hydrogens is 459 g/mol. The summed E-state index contributed by atoms with van der Waals surface area (Å²) >= 11 is 0. The average molecular weight is 492 g/mol. The van der Waals surface area contributed by atoms with Gasteiger partial charge in [-0.3, -0.25) is 9.79 Å². The Kier molecular flexibility index (Phi) is 14.6. The summed E-state index contributed by atoms with van der Waals surface area (Å²) in [5, 5.41) is 9.17. The topological polar surface area (TPSA) is 84.0 Å². The lowest BCUT2D eigenvalue weighted by atomic mass is 10.2. The Morgan fingerprint density at radius 2 is 1.93 bits per heavy atom. The molecule has 1 aromatic rings. The molecule has 0 bridgehead atoms. The lowest BCUT2D eigenvalue weighted by molar-refractivity contribution is -0.114. The third-order valence-corrected chi connectivity index (χ3v) is 3.25. The molecule has 1 amide bonds. The number of ether oxygens (including phenoxy) is 2. The quantitative estimate of drug-likeness (QED) is 0.192. The second-order valence-electron chi connectivity index (χ2n) is 6.31. The molecule has 0 radical (unpaired) electrons. The maximum absolute atomic E-state index is 11.1. The van der Waals surface area contributed by atoms with E-state index in [1.807, 2.05) is 18.2 Å². The number of nitrogens with one attached hydrogen (secondary N) is 3. The molecule has 0 aliphatic rings. The number of nitrogens with zero attached hydrogens (tertiary/aromatic N) is 1. The summed E-state index contributed by atoms with van der Waals surface area (Å²) in [6.45, 7) is 9.22. The van der Waals surface area contributed by atoms with Gasteiger partial charge in [0, 0.05) is 45.5 Å². The Hall–Kier alpha value is -1.55. The molecule has 0 saturated heterocycles. The predicted molar refractivity (Wildman–Crippen MR) is 121 cm³/mol. The number of benzene rings is 1. The highest BCUT2D eigenvalue weighted by Crippen LogP contribution is 2.16. The van der Waals surface area contributed by atoms with Crippen LogP contribution in [0.5, 0.6) is 5.75 Å². The number of hydrogen-bond donors (Lipinski definition) is 3. The van der Waals surface area contributed by atoms with Gasteiger partial charge in [0.2, 0.25) is 5.91 Å². The lowest BCUT2D eigenvalue weighted by Crippen LogP contribution is -2.39. The summed E-state index contributed by atoms with van der Waals surface area (Å²) in [4.78, 5) is 15.3. The number of aliphatic imine (C=N–C) groups is 1. The Labute approximate surface area is 179 Å². The number of carbonyl (C=O) groups is 1. The molecule has 0 atom stereocenters. The molecule has 8 heteroatoms. The van der Waals surface area contributed by atoms with E-state index in [1.165, 1.54) is 6.92 Å². The molecule has 0 fully saturated rings. The molecule has 0 aliphatic carbocycles. The van der Waals surface area contributed by atoms with Gasteiger partial charge in [-0.1, -0.05) is 19.9 Å². The largest absolute Gasteiger partial charge is 0.492 e. The van der Waals surface area contributed by atoms with Gasteiger partial charge in [0.25, 0.3) is 0 Å². The first-order valence-corrected chi connectivity index (χ1v) is 9.04. The minimum atomic E-state index is -0.103. The average Bonchev–Trinajstić information content (AvgIpc) is 2.59. The van der Waals surface area contributed by atoms with Gasteiger partial charge in [0.05, 0.1) is 6.54 Å². The summed E-state index contributed by atoms with van der Waals surface area (Å²) < 4.78 is 11.2. The lowest BCUT2D eigenvalue weighted by Gasteiger charge is -2.13. The molecular formula is C19H33IN4O3. The summed E-state index contributed by atoms with van der Waals surface area (Å²) in [5.74, 6) is 1.91. The minimum Gasteiger partial charge on any atom is -0.492 e. The first-order chi connectivity index (χ1) is 12.5. The number of carbonyl (C=O) groups excluding carboxylic acids is 1. The van der Waals surface area contributed by atoms with Crippen molar-refractivity contribution < 1.29 is 14.3 Å². The minimum absolute atomic E-state index is 0. The fourth-order valence-corrected chi connectivity index (χ4v) is 2.13. The first-order valence-electron chi connectivity index (χ1n) is 9.04. The van der Waals surface area contributed by atoms with E-state index in [4.69, 9.17) is 9.47 Å². The van der Waals surface area contributed by atoms with Gasteiger partial charge >= 0.3 is 0 Å². The van der Waals surface area contributed by atoms with Crippen LogP contribution in [0, 0.1) is 5.92 Å². The van der Waals surface area contributed by atoms with Crippen LogP contribution in [0.3, 0.4) is 0 Å². The Morgan fingerprint density at radius 3 is 2.59 bits per heavy atom. The van der Waals surface area contributed by atoms with Crippen molar-refractivity contribution >= 4 is 41.5 Å². The summed E-state index contributed by atoms with van der Waals surface area (Å²) in [7, 11) is 1.74. The Balaban J connectivity index is 0.00000676. The summed E-state index contributed by atoms with van der Waals surface area (Å²) in [6, 6.07) is 7.32. The number of guanidine groups is 1. The standard InChI is InChI=1S/C19H32N4O3.HI/c1-15(2)14-25-11-6-9-21-19(20-4)22-10-12-26-18-8-5-7-17(13-18)23-16(3)24;/h5,7-8,13,15H,6,9-12,14H2,1-4H3,(H,23,24)(H2,20,21,22);1H. The molecule has 1 aromatic carbocycles. The number of anilines is 1. The fraction of sp³-hybridized carbons (Fsp3) is 0.579. The van der Waals surface area contributed by atoms with Gasteiger partial charge in [-0.2, -0.15) is 0 Å². The zero-order valence-electron chi connectivity index (χ0n) is 16.7. The van der Waals surface area contributed by atoms with Crippen LogP contribution in [-0.4, -0.2) is 51.8 Å². The predicted octanol–water partition coefficient (Wildman–Crippen LogP) is 2.87. The van der Waals surface area contributed by atoms with Gasteiger partial charge < -0.3 is 25.4 Å². The van der Waals surface area contributed by atoms with Crippen LogP contribution in [0.1, 0.15) is 27.2 Å². The van der Waals surface area contributed by atoms with E-state index in [2.05, 4.69) is 34.8 Å². The molecule has 0 aromatic heterocycles. The van der Waals surface area contributed by atoms with Crippen molar-refractivity contribution in [3.63, 3.8) is 0 Å². The van der Waals surface area contributed by atoms with Crippen molar-refractivity contribution in [2.45, 2.75) is 27.2 Å². The highest BCUT2D eigenvalue weighted by atomic mass is 127. The third-order valence-electron chi connectivity index (χ3n) is 3.25. The van der Waals surface area contributed by atoms with Crippen molar-refractivity contribution in [2.75, 3.05) is 45.3 Å². The van der Waals surface area contributed by atoms with Crippen molar-refractivity contribution in [2.24, 2.45) is 10.9 Å². The van der Waals surface area contributed by atoms with Crippen molar-refractivity contribution in [3.8, 4) is 5.75 Å². The number of hydrogen-bond acceptors (Lipinski definition) is 4. The molecule has 7 nitrogen and oxygen atoms in total. The van der Waals surface area contributed by atoms with E-state index in [9.17, 15) is 4.79 Å². The normalized spacial score (nSPS) is 10.9. The van der Waals surface area contributed by atoms with Crippen LogP contribution in [0.15, 0.2) is 29.3 Å². The molecule has 0 aliphatic heterocycles. The highest BCUT2D eigenvalue weighted by molar-refractivity contribution is 14.0. The van der Waals surface area contributed by atoms with E-state index >= 15 is 0 Å². The smallest absolute Gasteiger partial charge is 0.221 e. The fourth-order valence-electron chi connectivity index (χ4n) is 2.13. The zero-order chi connectivity index (χ0) is 19.2. The van der Waals surface area contributed by atoms with E-state index in [0.29, 0.717) is 24.8 Å². The van der Waals surface area contributed by atoms with Crippen LogP contribution in [0.25, 0.3) is 0 Å².